The van der Waals surface area contributed by atoms with E-state index in [-0.39, 0.29) is 11.9 Å². The Bertz CT molecular complexity index is 544. The van der Waals surface area contributed by atoms with Gasteiger partial charge in [0.2, 0.25) is 0 Å². The predicted octanol–water partition coefficient (Wildman–Crippen LogP) is 4.81. The fourth-order valence-electron chi connectivity index (χ4n) is 1.77. The van der Waals surface area contributed by atoms with Gasteiger partial charge in [0.1, 0.15) is 5.82 Å². The molecule has 0 radical (unpaired) electrons. The Kier molecular flexibility index (Phi) is 4.78. The first-order valence-electron chi connectivity index (χ1n) is 5.46. The number of rotatable bonds is 4. The molecule has 0 fully saturated rings. The third-order valence-corrected chi connectivity index (χ3v) is 4.81. The number of hydrogen-bond donors (Lipinski definition) is 1. The Morgan fingerprint density at radius 1 is 1.39 bits per heavy atom. The normalized spacial score (nSPS) is 12.7. The van der Waals surface area contributed by atoms with E-state index in [0.29, 0.717) is 5.02 Å². The molecule has 0 amide bonds. The van der Waals surface area contributed by atoms with Crippen molar-refractivity contribution in [1.29, 1.82) is 0 Å². The van der Waals surface area contributed by atoms with Gasteiger partial charge in [-0.2, -0.15) is 0 Å². The van der Waals surface area contributed by atoms with Gasteiger partial charge in [-0.15, -0.1) is 11.3 Å². The highest BCUT2D eigenvalue weighted by Crippen LogP contribution is 2.30. The molecule has 1 aromatic heterocycles. The lowest BCUT2D eigenvalue weighted by molar-refractivity contribution is 0.598. The fourth-order valence-corrected chi connectivity index (χ4v) is 3.55. The fraction of sp³-hybridized carbons (Fsp3) is 0.231. The van der Waals surface area contributed by atoms with Crippen LogP contribution < -0.4 is 5.32 Å². The van der Waals surface area contributed by atoms with Crippen LogP contribution in [0.1, 0.15) is 16.5 Å². The maximum atomic E-state index is 13.0. The summed E-state index contributed by atoms with van der Waals surface area (Å²) in [6, 6.07) is 8.82. The third-order valence-electron chi connectivity index (χ3n) is 2.73. The lowest BCUT2D eigenvalue weighted by Crippen LogP contribution is -2.17. The van der Waals surface area contributed by atoms with Gasteiger partial charge in [0.25, 0.3) is 0 Å². The lowest BCUT2D eigenvalue weighted by Gasteiger charge is -2.15. The highest BCUT2D eigenvalue weighted by molar-refractivity contribution is 9.11. The highest BCUT2D eigenvalue weighted by Gasteiger charge is 2.14. The van der Waals surface area contributed by atoms with E-state index in [2.05, 4.69) is 27.3 Å². The molecule has 1 heterocycles. The number of nitrogens with one attached hydrogen (secondary N) is 1. The summed E-state index contributed by atoms with van der Waals surface area (Å²) in [4.78, 5) is 1.23. The maximum Gasteiger partial charge on any atom is 0.124 e. The molecule has 1 unspecified atom stereocenters. The standard InChI is InChI=1S/C13H12BrClFNS/c1-17-11(12-4-5-13(14)18-12)6-8-2-3-9(16)7-10(8)15/h2-5,7,11,17H,6H2,1H3. The second-order valence-corrected chi connectivity index (χ2v) is 6.82. The van der Waals surface area contributed by atoms with Crippen molar-refractivity contribution < 1.29 is 4.39 Å². The minimum Gasteiger partial charge on any atom is -0.312 e. The largest absolute Gasteiger partial charge is 0.312 e. The quantitative estimate of drug-likeness (QED) is 0.836. The summed E-state index contributed by atoms with van der Waals surface area (Å²) in [5.41, 5.74) is 0.946. The molecule has 0 spiro atoms. The van der Waals surface area contributed by atoms with E-state index < -0.39 is 0 Å². The number of benzene rings is 1. The van der Waals surface area contributed by atoms with Gasteiger partial charge >= 0.3 is 0 Å². The van der Waals surface area contributed by atoms with Crippen LogP contribution in [0.3, 0.4) is 0 Å². The van der Waals surface area contributed by atoms with Gasteiger partial charge in [0.05, 0.1) is 3.79 Å². The number of hydrogen-bond acceptors (Lipinski definition) is 2. The van der Waals surface area contributed by atoms with Gasteiger partial charge in [0, 0.05) is 15.9 Å². The van der Waals surface area contributed by atoms with Crippen molar-refractivity contribution in [2.45, 2.75) is 12.5 Å². The first-order chi connectivity index (χ1) is 8.60. The minimum atomic E-state index is -0.302. The zero-order valence-corrected chi connectivity index (χ0v) is 12.9. The molecule has 1 atom stereocenters. The van der Waals surface area contributed by atoms with Gasteiger partial charge < -0.3 is 5.32 Å². The van der Waals surface area contributed by atoms with Crippen molar-refractivity contribution in [3.05, 3.63) is 55.4 Å². The third kappa shape index (κ3) is 3.32. The summed E-state index contributed by atoms with van der Waals surface area (Å²) >= 11 is 11.2. The highest BCUT2D eigenvalue weighted by atomic mass is 79.9. The molecular weight excluding hydrogens is 337 g/mol. The van der Waals surface area contributed by atoms with Gasteiger partial charge in [-0.1, -0.05) is 17.7 Å². The average molecular weight is 349 g/mol. The molecule has 1 N–H and O–H groups in total. The van der Waals surface area contributed by atoms with Gasteiger partial charge in [-0.05, 0) is 59.2 Å². The van der Waals surface area contributed by atoms with Crippen LogP contribution >= 0.6 is 38.9 Å². The second kappa shape index (κ2) is 6.15. The molecule has 5 heteroatoms. The molecule has 0 saturated heterocycles. The summed E-state index contributed by atoms with van der Waals surface area (Å²) in [5, 5.41) is 3.74. The van der Waals surface area contributed by atoms with E-state index in [1.54, 1.807) is 17.4 Å². The van der Waals surface area contributed by atoms with Crippen molar-refractivity contribution >= 4 is 38.9 Å². The summed E-state index contributed by atoms with van der Waals surface area (Å²) in [6.45, 7) is 0. The molecule has 1 nitrogen and oxygen atoms in total. The van der Waals surface area contributed by atoms with Crippen LogP contribution in [0.5, 0.6) is 0 Å². The molecule has 0 aliphatic carbocycles. The van der Waals surface area contributed by atoms with E-state index in [1.807, 2.05) is 13.1 Å². The molecule has 0 bridgehead atoms. The summed E-state index contributed by atoms with van der Waals surface area (Å²) in [5.74, 6) is -0.302. The van der Waals surface area contributed by atoms with E-state index in [1.165, 1.54) is 17.0 Å². The summed E-state index contributed by atoms with van der Waals surface area (Å²) in [7, 11) is 1.91. The van der Waals surface area contributed by atoms with Crippen molar-refractivity contribution in [2.24, 2.45) is 0 Å². The molecule has 96 valence electrons. The summed E-state index contributed by atoms with van der Waals surface area (Å²) in [6.07, 6.45) is 0.739. The van der Waals surface area contributed by atoms with Crippen molar-refractivity contribution in [3.8, 4) is 0 Å². The van der Waals surface area contributed by atoms with E-state index >= 15 is 0 Å². The molecular formula is C13H12BrClFNS. The molecule has 18 heavy (non-hydrogen) atoms. The zero-order valence-electron chi connectivity index (χ0n) is 9.71. The van der Waals surface area contributed by atoms with Crippen molar-refractivity contribution in [2.75, 3.05) is 7.05 Å². The van der Waals surface area contributed by atoms with Gasteiger partial charge in [-0.3, -0.25) is 0 Å². The van der Waals surface area contributed by atoms with Crippen LogP contribution in [0, 0.1) is 5.82 Å². The summed E-state index contributed by atoms with van der Waals surface area (Å²) < 4.78 is 14.1. The molecule has 1 aromatic carbocycles. The number of halogens is 3. The van der Waals surface area contributed by atoms with Crippen LogP contribution in [0.15, 0.2) is 34.1 Å². The molecule has 2 aromatic rings. The van der Waals surface area contributed by atoms with Gasteiger partial charge in [0.15, 0.2) is 0 Å². The van der Waals surface area contributed by atoms with E-state index in [4.69, 9.17) is 11.6 Å². The lowest BCUT2D eigenvalue weighted by atomic mass is 10.0. The molecule has 0 aliphatic heterocycles. The SMILES string of the molecule is CNC(Cc1ccc(F)cc1Cl)c1ccc(Br)s1. The van der Waals surface area contributed by atoms with Crippen LogP contribution in [-0.2, 0) is 6.42 Å². The van der Waals surface area contributed by atoms with Crippen molar-refractivity contribution in [1.82, 2.24) is 5.32 Å². The average Bonchev–Trinajstić information content (AvgIpc) is 2.75. The monoisotopic (exact) mass is 347 g/mol. The number of thiophene rings is 1. The van der Waals surface area contributed by atoms with Crippen LogP contribution in [0.25, 0.3) is 0 Å². The molecule has 2 rings (SSSR count). The Morgan fingerprint density at radius 2 is 2.17 bits per heavy atom. The van der Waals surface area contributed by atoms with E-state index in [0.717, 1.165) is 15.8 Å². The van der Waals surface area contributed by atoms with E-state index in [9.17, 15) is 4.39 Å². The predicted molar refractivity (Wildman–Crippen MR) is 78.9 cm³/mol. The smallest absolute Gasteiger partial charge is 0.124 e. The Labute approximate surface area is 123 Å². The Morgan fingerprint density at radius 3 is 2.72 bits per heavy atom. The van der Waals surface area contributed by atoms with Crippen LogP contribution in [0.4, 0.5) is 4.39 Å². The minimum absolute atomic E-state index is 0.185. The van der Waals surface area contributed by atoms with Gasteiger partial charge in [-0.25, -0.2) is 4.39 Å². The topological polar surface area (TPSA) is 12.0 Å². The van der Waals surface area contributed by atoms with Crippen molar-refractivity contribution in [3.63, 3.8) is 0 Å². The first kappa shape index (κ1) is 14.0. The Hall–Kier alpha value is -0.420. The van der Waals surface area contributed by atoms with Crippen LogP contribution in [0.2, 0.25) is 5.02 Å². The van der Waals surface area contributed by atoms with Crippen LogP contribution in [-0.4, -0.2) is 7.05 Å². The number of likely N-dealkylation sites (N-methyl/N-ethyl adjacent to an activating group) is 1. The molecule has 0 saturated carbocycles. The second-order valence-electron chi connectivity index (χ2n) is 3.92. The molecule has 0 aliphatic rings. The zero-order chi connectivity index (χ0) is 13.1. The maximum absolute atomic E-state index is 13.0. The Balaban J connectivity index is 2.20. The first-order valence-corrected chi connectivity index (χ1v) is 7.45.